The van der Waals surface area contributed by atoms with E-state index >= 15 is 0 Å². The summed E-state index contributed by atoms with van der Waals surface area (Å²) in [7, 11) is 0. The molecule has 1 aromatic rings. The van der Waals surface area contributed by atoms with Gasteiger partial charge < -0.3 is 10.5 Å². The fourth-order valence-electron chi connectivity index (χ4n) is 3.07. The molecule has 106 valence electrons. The molecule has 0 aromatic heterocycles. The number of para-hydroxylation sites is 1. The first-order chi connectivity index (χ1) is 9.26. The van der Waals surface area contributed by atoms with Crippen molar-refractivity contribution in [3.63, 3.8) is 0 Å². The summed E-state index contributed by atoms with van der Waals surface area (Å²) >= 11 is 0. The molecule has 3 atom stereocenters. The van der Waals surface area contributed by atoms with Crippen molar-refractivity contribution in [1.82, 2.24) is 0 Å². The summed E-state index contributed by atoms with van der Waals surface area (Å²) in [6, 6.07) is 8.36. The average Bonchev–Trinajstić information content (AvgIpc) is 2.47. The van der Waals surface area contributed by atoms with Crippen LogP contribution in [0.15, 0.2) is 24.3 Å². The van der Waals surface area contributed by atoms with Gasteiger partial charge in [-0.05, 0) is 44.1 Å². The lowest BCUT2D eigenvalue weighted by molar-refractivity contribution is 0.0890. The minimum absolute atomic E-state index is 0.0832. The van der Waals surface area contributed by atoms with Gasteiger partial charge in [0.05, 0.1) is 0 Å². The maximum Gasteiger partial charge on any atom is 0.124 e. The van der Waals surface area contributed by atoms with Crippen molar-refractivity contribution in [2.45, 2.75) is 64.5 Å². The van der Waals surface area contributed by atoms with Gasteiger partial charge in [-0.15, -0.1) is 0 Å². The number of hydrogen-bond acceptors (Lipinski definition) is 2. The van der Waals surface area contributed by atoms with Crippen LogP contribution in [0.3, 0.4) is 0 Å². The van der Waals surface area contributed by atoms with E-state index in [1.54, 1.807) is 0 Å². The van der Waals surface area contributed by atoms with Crippen LogP contribution in [-0.2, 0) is 0 Å². The molecule has 1 fully saturated rings. The van der Waals surface area contributed by atoms with Crippen molar-refractivity contribution in [2.75, 3.05) is 0 Å². The topological polar surface area (TPSA) is 35.2 Å². The molecule has 2 nitrogen and oxygen atoms in total. The zero-order chi connectivity index (χ0) is 13.7. The average molecular weight is 261 g/mol. The molecule has 2 unspecified atom stereocenters. The Balaban J connectivity index is 2.13. The molecule has 1 aliphatic rings. The molecule has 19 heavy (non-hydrogen) atoms. The van der Waals surface area contributed by atoms with E-state index in [0.717, 1.165) is 17.7 Å². The molecule has 2 rings (SSSR count). The summed E-state index contributed by atoms with van der Waals surface area (Å²) in [4.78, 5) is 0. The predicted octanol–water partition coefficient (Wildman–Crippen LogP) is 4.44. The molecular formula is C17H27NO. The second-order valence-corrected chi connectivity index (χ2v) is 5.66. The van der Waals surface area contributed by atoms with Gasteiger partial charge in [-0.1, -0.05) is 38.5 Å². The highest BCUT2D eigenvalue weighted by molar-refractivity contribution is 5.36. The molecule has 2 heteroatoms. The predicted molar refractivity (Wildman–Crippen MR) is 80.3 cm³/mol. The smallest absolute Gasteiger partial charge is 0.124 e. The van der Waals surface area contributed by atoms with Crippen molar-refractivity contribution in [2.24, 2.45) is 11.7 Å². The monoisotopic (exact) mass is 261 g/mol. The zero-order valence-corrected chi connectivity index (χ0v) is 12.3. The van der Waals surface area contributed by atoms with E-state index in [1.165, 1.54) is 32.1 Å². The highest BCUT2D eigenvalue weighted by Crippen LogP contribution is 2.33. The highest BCUT2D eigenvalue weighted by atomic mass is 16.5. The summed E-state index contributed by atoms with van der Waals surface area (Å²) in [5.74, 6) is 1.71. The second-order valence-electron chi connectivity index (χ2n) is 5.66. The maximum absolute atomic E-state index is 6.33. The molecule has 0 amide bonds. The van der Waals surface area contributed by atoms with Crippen molar-refractivity contribution < 1.29 is 4.74 Å². The molecule has 1 saturated carbocycles. The summed E-state index contributed by atoms with van der Waals surface area (Å²) in [5.41, 5.74) is 7.35. The van der Waals surface area contributed by atoms with Crippen LogP contribution in [0.2, 0.25) is 0 Å². The lowest BCUT2D eigenvalue weighted by Crippen LogP contribution is -2.30. The van der Waals surface area contributed by atoms with Crippen molar-refractivity contribution in [1.29, 1.82) is 0 Å². The van der Waals surface area contributed by atoms with Crippen LogP contribution < -0.4 is 10.5 Å². The van der Waals surface area contributed by atoms with Gasteiger partial charge in [-0.2, -0.15) is 0 Å². The largest absolute Gasteiger partial charge is 0.490 e. The third-order valence-electron chi connectivity index (χ3n) is 4.40. The summed E-state index contributed by atoms with van der Waals surface area (Å²) < 4.78 is 6.33. The SMILES string of the molecule is CCC1CCCCC1Oc1ccccc1[C@@H](N)CC. The normalized spacial score (nSPS) is 25.0. The molecular weight excluding hydrogens is 234 g/mol. The van der Waals surface area contributed by atoms with Crippen LogP contribution in [0.25, 0.3) is 0 Å². The van der Waals surface area contributed by atoms with E-state index in [4.69, 9.17) is 10.5 Å². The minimum Gasteiger partial charge on any atom is -0.490 e. The molecule has 0 radical (unpaired) electrons. The number of rotatable bonds is 5. The van der Waals surface area contributed by atoms with Crippen molar-refractivity contribution in [3.05, 3.63) is 29.8 Å². The Morgan fingerprint density at radius 2 is 1.95 bits per heavy atom. The van der Waals surface area contributed by atoms with Crippen LogP contribution in [0, 0.1) is 5.92 Å². The summed E-state index contributed by atoms with van der Waals surface area (Å²) in [6.07, 6.45) is 7.69. The summed E-state index contributed by atoms with van der Waals surface area (Å²) in [6.45, 7) is 4.40. The number of ether oxygens (including phenoxy) is 1. The maximum atomic E-state index is 6.33. The van der Waals surface area contributed by atoms with Gasteiger partial charge in [-0.25, -0.2) is 0 Å². The van der Waals surface area contributed by atoms with E-state index in [1.807, 2.05) is 6.07 Å². The fourth-order valence-corrected chi connectivity index (χ4v) is 3.07. The van der Waals surface area contributed by atoms with Gasteiger partial charge in [0.25, 0.3) is 0 Å². The highest BCUT2D eigenvalue weighted by Gasteiger charge is 2.26. The first kappa shape index (κ1) is 14.4. The molecule has 1 aliphatic carbocycles. The zero-order valence-electron chi connectivity index (χ0n) is 12.3. The second kappa shape index (κ2) is 6.95. The Bertz CT molecular complexity index is 391. The van der Waals surface area contributed by atoms with Gasteiger partial charge >= 0.3 is 0 Å². The third-order valence-corrected chi connectivity index (χ3v) is 4.40. The van der Waals surface area contributed by atoms with Gasteiger partial charge in [0.2, 0.25) is 0 Å². The van der Waals surface area contributed by atoms with Gasteiger partial charge in [0.1, 0.15) is 11.9 Å². The van der Waals surface area contributed by atoms with Crippen LogP contribution in [0.4, 0.5) is 0 Å². The molecule has 0 bridgehead atoms. The lowest BCUT2D eigenvalue weighted by atomic mass is 9.84. The Morgan fingerprint density at radius 1 is 1.21 bits per heavy atom. The first-order valence-electron chi connectivity index (χ1n) is 7.77. The molecule has 0 spiro atoms. The molecule has 0 saturated heterocycles. The minimum atomic E-state index is 0.0832. The Hall–Kier alpha value is -1.02. The number of benzene rings is 1. The Labute approximate surface area is 117 Å². The molecule has 0 aliphatic heterocycles. The number of hydrogen-bond donors (Lipinski definition) is 1. The van der Waals surface area contributed by atoms with Crippen molar-refractivity contribution >= 4 is 0 Å². The van der Waals surface area contributed by atoms with E-state index in [9.17, 15) is 0 Å². The van der Waals surface area contributed by atoms with E-state index in [-0.39, 0.29) is 6.04 Å². The quantitative estimate of drug-likeness (QED) is 0.850. The van der Waals surface area contributed by atoms with Crippen LogP contribution in [0.5, 0.6) is 5.75 Å². The van der Waals surface area contributed by atoms with Gasteiger partial charge in [0.15, 0.2) is 0 Å². The van der Waals surface area contributed by atoms with Crippen LogP contribution in [-0.4, -0.2) is 6.10 Å². The van der Waals surface area contributed by atoms with Crippen LogP contribution >= 0.6 is 0 Å². The van der Waals surface area contributed by atoms with Gasteiger partial charge in [0, 0.05) is 11.6 Å². The lowest BCUT2D eigenvalue weighted by Gasteiger charge is -2.32. The van der Waals surface area contributed by atoms with Crippen LogP contribution in [0.1, 0.15) is 64.0 Å². The molecule has 2 N–H and O–H groups in total. The van der Waals surface area contributed by atoms with E-state index in [0.29, 0.717) is 12.0 Å². The summed E-state index contributed by atoms with van der Waals surface area (Å²) in [5, 5.41) is 0. The Morgan fingerprint density at radius 3 is 2.68 bits per heavy atom. The number of nitrogens with two attached hydrogens (primary N) is 1. The van der Waals surface area contributed by atoms with E-state index in [2.05, 4.69) is 32.0 Å². The molecule has 1 aromatic carbocycles. The Kier molecular flexibility index (Phi) is 5.26. The first-order valence-corrected chi connectivity index (χ1v) is 7.77. The van der Waals surface area contributed by atoms with E-state index < -0.39 is 0 Å². The third kappa shape index (κ3) is 3.50. The standard InChI is InChI=1S/C17H27NO/c1-3-13-9-5-7-11-16(13)19-17-12-8-6-10-14(17)15(18)4-2/h6,8,10,12-13,15-16H,3-5,7,9,11,18H2,1-2H3/t13?,15-,16?/m0/s1. The van der Waals surface area contributed by atoms with Gasteiger partial charge in [-0.3, -0.25) is 0 Å². The van der Waals surface area contributed by atoms with Crippen molar-refractivity contribution in [3.8, 4) is 5.75 Å². The fraction of sp³-hybridized carbons (Fsp3) is 0.647. The molecule has 0 heterocycles.